The number of carbonyl (C=O) groups excluding carboxylic acids is 1. The van der Waals surface area contributed by atoms with Gasteiger partial charge in [-0.15, -0.1) is 0 Å². The molecule has 0 aliphatic heterocycles. The maximum absolute atomic E-state index is 12.3. The van der Waals surface area contributed by atoms with Crippen molar-refractivity contribution in [1.82, 2.24) is 5.32 Å². The summed E-state index contributed by atoms with van der Waals surface area (Å²) in [6.45, 7) is 2.24. The lowest BCUT2D eigenvalue weighted by molar-refractivity contribution is -0.135. The molecule has 5 heteroatoms. The molecule has 0 atom stereocenters. The predicted octanol–water partition coefficient (Wildman–Crippen LogP) is 2.79. The molecular formula is C16H22N2O3. The number of rotatable bonds is 5. The van der Waals surface area contributed by atoms with E-state index in [2.05, 4.69) is 5.32 Å². The smallest absolute Gasteiger partial charge is 0.323 e. The molecular weight excluding hydrogens is 268 g/mol. The molecule has 114 valence electrons. The molecule has 0 heterocycles. The first-order chi connectivity index (χ1) is 10.1. The van der Waals surface area contributed by atoms with Crippen molar-refractivity contribution >= 4 is 17.7 Å². The van der Waals surface area contributed by atoms with Gasteiger partial charge in [0, 0.05) is 12.2 Å². The molecule has 1 fully saturated rings. The molecule has 0 aromatic heterocycles. The number of hydrogen-bond donors (Lipinski definition) is 2. The van der Waals surface area contributed by atoms with Crippen LogP contribution >= 0.6 is 0 Å². The predicted molar refractivity (Wildman–Crippen MR) is 81.5 cm³/mol. The molecule has 0 saturated heterocycles. The van der Waals surface area contributed by atoms with Gasteiger partial charge >= 0.3 is 12.0 Å². The van der Waals surface area contributed by atoms with Crippen molar-refractivity contribution in [3.8, 4) is 0 Å². The molecule has 2 rings (SSSR count). The summed E-state index contributed by atoms with van der Waals surface area (Å²) < 4.78 is 0. The molecule has 0 spiro atoms. The minimum Gasteiger partial charge on any atom is -0.480 e. The Labute approximate surface area is 125 Å². The molecule has 1 aromatic rings. The first kappa shape index (κ1) is 15.4. The molecule has 0 bridgehead atoms. The minimum absolute atomic E-state index is 0.334. The Morgan fingerprint density at radius 2 is 1.86 bits per heavy atom. The number of carboxylic acid groups (broad SMARTS) is 1. The van der Waals surface area contributed by atoms with Gasteiger partial charge in [-0.1, -0.05) is 30.5 Å². The lowest BCUT2D eigenvalue weighted by atomic mass is 10.1. The summed E-state index contributed by atoms with van der Waals surface area (Å²) in [5.41, 5.74) is 1.67. The van der Waals surface area contributed by atoms with Crippen molar-refractivity contribution in [2.75, 3.05) is 18.0 Å². The molecule has 0 unspecified atom stereocenters. The third-order valence-corrected chi connectivity index (χ3v) is 3.90. The number of anilines is 1. The van der Waals surface area contributed by atoms with E-state index in [1.165, 1.54) is 17.7 Å². The highest BCUT2D eigenvalue weighted by molar-refractivity contribution is 5.96. The molecule has 2 N–H and O–H groups in total. The SMILES string of the molecule is Cc1ccc(N(CC(=O)O)C(=O)NCC2CCCC2)cc1. The largest absolute Gasteiger partial charge is 0.480 e. The number of nitrogens with one attached hydrogen (secondary N) is 1. The van der Waals surface area contributed by atoms with Crippen LogP contribution in [0.4, 0.5) is 10.5 Å². The number of aryl methyl sites for hydroxylation is 1. The topological polar surface area (TPSA) is 69.6 Å². The zero-order valence-corrected chi connectivity index (χ0v) is 12.3. The van der Waals surface area contributed by atoms with E-state index in [1.807, 2.05) is 19.1 Å². The highest BCUT2D eigenvalue weighted by atomic mass is 16.4. The normalized spacial score (nSPS) is 14.9. The fourth-order valence-corrected chi connectivity index (χ4v) is 2.68. The Kier molecular flexibility index (Phi) is 5.20. The van der Waals surface area contributed by atoms with E-state index in [-0.39, 0.29) is 12.6 Å². The molecule has 5 nitrogen and oxygen atoms in total. The maximum atomic E-state index is 12.3. The molecule has 21 heavy (non-hydrogen) atoms. The fourth-order valence-electron chi connectivity index (χ4n) is 2.68. The van der Waals surface area contributed by atoms with E-state index in [0.717, 1.165) is 18.4 Å². The quantitative estimate of drug-likeness (QED) is 0.876. The van der Waals surface area contributed by atoms with Gasteiger partial charge in [0.2, 0.25) is 0 Å². The number of carbonyl (C=O) groups is 2. The highest BCUT2D eigenvalue weighted by Crippen LogP contribution is 2.24. The second kappa shape index (κ2) is 7.11. The van der Waals surface area contributed by atoms with Crippen LogP contribution in [0.15, 0.2) is 24.3 Å². The number of benzene rings is 1. The van der Waals surface area contributed by atoms with Crippen molar-refractivity contribution in [2.24, 2.45) is 5.92 Å². The Morgan fingerprint density at radius 3 is 2.43 bits per heavy atom. The number of amides is 2. The summed E-state index contributed by atoms with van der Waals surface area (Å²) in [7, 11) is 0. The van der Waals surface area contributed by atoms with Crippen LogP contribution in [0.3, 0.4) is 0 Å². The average molecular weight is 290 g/mol. The van der Waals surface area contributed by atoms with Gasteiger partial charge in [0.1, 0.15) is 6.54 Å². The van der Waals surface area contributed by atoms with Crippen LogP contribution in [0.5, 0.6) is 0 Å². The van der Waals surface area contributed by atoms with Crippen molar-refractivity contribution in [3.05, 3.63) is 29.8 Å². The van der Waals surface area contributed by atoms with E-state index in [0.29, 0.717) is 18.2 Å². The molecule has 0 radical (unpaired) electrons. The van der Waals surface area contributed by atoms with Crippen LogP contribution in [0.2, 0.25) is 0 Å². The van der Waals surface area contributed by atoms with Crippen LogP contribution in [0, 0.1) is 12.8 Å². The third-order valence-electron chi connectivity index (χ3n) is 3.90. The van der Waals surface area contributed by atoms with E-state index in [4.69, 9.17) is 5.11 Å². The Hall–Kier alpha value is -2.04. The van der Waals surface area contributed by atoms with Crippen LogP contribution in [-0.2, 0) is 4.79 Å². The number of hydrogen-bond acceptors (Lipinski definition) is 2. The first-order valence-electron chi connectivity index (χ1n) is 7.40. The van der Waals surface area contributed by atoms with Crippen molar-refractivity contribution in [1.29, 1.82) is 0 Å². The fraction of sp³-hybridized carbons (Fsp3) is 0.500. The first-order valence-corrected chi connectivity index (χ1v) is 7.40. The minimum atomic E-state index is -1.02. The van der Waals surface area contributed by atoms with E-state index in [1.54, 1.807) is 12.1 Å². The van der Waals surface area contributed by atoms with E-state index in [9.17, 15) is 9.59 Å². The standard InChI is InChI=1S/C16H22N2O3/c1-12-6-8-14(9-7-12)18(11-15(19)20)16(21)17-10-13-4-2-3-5-13/h6-9,13H,2-5,10-11H2,1H3,(H,17,21)(H,19,20). The lowest BCUT2D eigenvalue weighted by Crippen LogP contribution is -2.44. The molecule has 1 aliphatic carbocycles. The number of nitrogens with zero attached hydrogens (tertiary/aromatic N) is 1. The van der Waals surface area contributed by atoms with Gasteiger partial charge in [0.15, 0.2) is 0 Å². The van der Waals surface area contributed by atoms with Gasteiger partial charge < -0.3 is 10.4 Å². The Morgan fingerprint density at radius 1 is 1.24 bits per heavy atom. The van der Waals surface area contributed by atoms with Gasteiger partial charge in [0.25, 0.3) is 0 Å². The van der Waals surface area contributed by atoms with Gasteiger partial charge in [-0.25, -0.2) is 4.79 Å². The van der Waals surface area contributed by atoms with Crippen LogP contribution in [-0.4, -0.2) is 30.2 Å². The van der Waals surface area contributed by atoms with Crippen molar-refractivity contribution in [3.63, 3.8) is 0 Å². The maximum Gasteiger partial charge on any atom is 0.323 e. The zero-order valence-electron chi connectivity index (χ0n) is 12.3. The average Bonchev–Trinajstić information content (AvgIpc) is 2.96. The summed E-state index contributed by atoms with van der Waals surface area (Å²) >= 11 is 0. The number of urea groups is 1. The number of aliphatic carboxylic acids is 1. The molecule has 1 saturated carbocycles. The van der Waals surface area contributed by atoms with Crippen LogP contribution in [0.25, 0.3) is 0 Å². The summed E-state index contributed by atoms with van der Waals surface area (Å²) in [5.74, 6) is -0.495. The van der Waals surface area contributed by atoms with Crippen molar-refractivity contribution in [2.45, 2.75) is 32.6 Å². The summed E-state index contributed by atoms with van der Waals surface area (Å²) in [5, 5.41) is 11.9. The van der Waals surface area contributed by atoms with Gasteiger partial charge in [-0.2, -0.15) is 0 Å². The molecule has 1 aliphatic rings. The monoisotopic (exact) mass is 290 g/mol. The van der Waals surface area contributed by atoms with Gasteiger partial charge in [0.05, 0.1) is 0 Å². The van der Waals surface area contributed by atoms with Gasteiger partial charge in [-0.3, -0.25) is 9.69 Å². The zero-order chi connectivity index (χ0) is 15.2. The summed E-state index contributed by atoms with van der Waals surface area (Å²) in [6, 6.07) is 6.94. The van der Waals surface area contributed by atoms with Crippen LogP contribution < -0.4 is 10.2 Å². The Bertz CT molecular complexity index is 493. The second-order valence-corrected chi connectivity index (χ2v) is 5.65. The van der Waals surface area contributed by atoms with Crippen LogP contribution in [0.1, 0.15) is 31.2 Å². The third kappa shape index (κ3) is 4.48. The van der Waals surface area contributed by atoms with Gasteiger partial charge in [-0.05, 0) is 37.8 Å². The second-order valence-electron chi connectivity index (χ2n) is 5.65. The lowest BCUT2D eigenvalue weighted by Gasteiger charge is -2.22. The summed E-state index contributed by atoms with van der Waals surface area (Å²) in [4.78, 5) is 24.5. The summed E-state index contributed by atoms with van der Waals surface area (Å²) in [6.07, 6.45) is 4.72. The Balaban J connectivity index is 2.01. The number of carboxylic acids is 1. The highest BCUT2D eigenvalue weighted by Gasteiger charge is 2.21. The van der Waals surface area contributed by atoms with E-state index >= 15 is 0 Å². The van der Waals surface area contributed by atoms with Crippen molar-refractivity contribution < 1.29 is 14.7 Å². The molecule has 1 aromatic carbocycles. The molecule has 2 amide bonds. The van der Waals surface area contributed by atoms with E-state index < -0.39 is 5.97 Å².